The van der Waals surface area contributed by atoms with Crippen LogP contribution in [-0.4, -0.2) is 32.2 Å². The summed E-state index contributed by atoms with van der Waals surface area (Å²) in [4.78, 5) is 23.9. The van der Waals surface area contributed by atoms with Gasteiger partial charge in [0, 0.05) is 10.7 Å². The third-order valence-corrected chi connectivity index (χ3v) is 3.41. The minimum absolute atomic E-state index is 0.264. The van der Waals surface area contributed by atoms with E-state index in [1.807, 2.05) is 6.92 Å². The molecule has 0 radical (unpaired) electrons. The fourth-order valence-electron chi connectivity index (χ4n) is 2.01. The van der Waals surface area contributed by atoms with E-state index in [0.29, 0.717) is 28.8 Å². The SMILES string of the molecule is CCOc1ccc(C(=O)OCC(=O)Nc2ccc(Cl)cc2)cc1OC. The Bertz CT molecular complexity index is 746. The predicted octanol–water partition coefficient (Wildman–Crippen LogP) is 3.54. The molecule has 2 rings (SSSR count). The van der Waals surface area contributed by atoms with Crippen molar-refractivity contribution >= 4 is 29.2 Å². The molecule has 0 bridgehead atoms. The Morgan fingerprint density at radius 3 is 2.44 bits per heavy atom. The summed E-state index contributed by atoms with van der Waals surface area (Å²) in [6, 6.07) is 11.3. The van der Waals surface area contributed by atoms with E-state index >= 15 is 0 Å². The van der Waals surface area contributed by atoms with Crippen molar-refractivity contribution in [2.24, 2.45) is 0 Å². The molecule has 0 aliphatic heterocycles. The number of nitrogens with one attached hydrogen (secondary N) is 1. The number of methoxy groups -OCH3 is 1. The van der Waals surface area contributed by atoms with E-state index in [4.69, 9.17) is 25.8 Å². The fourth-order valence-corrected chi connectivity index (χ4v) is 2.14. The molecule has 2 aromatic rings. The first-order chi connectivity index (χ1) is 12.0. The van der Waals surface area contributed by atoms with Gasteiger partial charge in [-0.1, -0.05) is 11.6 Å². The topological polar surface area (TPSA) is 73.9 Å². The molecule has 1 amide bonds. The second-order valence-corrected chi connectivity index (χ2v) is 5.37. The minimum atomic E-state index is -0.632. The number of ether oxygens (including phenoxy) is 3. The Kier molecular flexibility index (Phi) is 6.65. The molecule has 0 spiro atoms. The highest BCUT2D eigenvalue weighted by Crippen LogP contribution is 2.28. The van der Waals surface area contributed by atoms with Crippen molar-refractivity contribution in [2.45, 2.75) is 6.92 Å². The highest BCUT2D eigenvalue weighted by molar-refractivity contribution is 6.30. The maximum Gasteiger partial charge on any atom is 0.338 e. The number of esters is 1. The number of hydrogen-bond donors (Lipinski definition) is 1. The summed E-state index contributed by atoms with van der Waals surface area (Å²) in [5.74, 6) is -0.134. The molecule has 2 aromatic carbocycles. The first-order valence-corrected chi connectivity index (χ1v) is 7.94. The van der Waals surface area contributed by atoms with E-state index in [0.717, 1.165) is 0 Å². The number of carbonyl (C=O) groups excluding carboxylic acids is 2. The Hall–Kier alpha value is -2.73. The normalized spacial score (nSPS) is 10.0. The number of rotatable bonds is 7. The molecule has 0 saturated carbocycles. The van der Waals surface area contributed by atoms with Gasteiger partial charge in [0.25, 0.3) is 5.91 Å². The van der Waals surface area contributed by atoms with Gasteiger partial charge in [0.15, 0.2) is 18.1 Å². The van der Waals surface area contributed by atoms with Crippen LogP contribution < -0.4 is 14.8 Å². The van der Waals surface area contributed by atoms with Gasteiger partial charge in [-0.15, -0.1) is 0 Å². The van der Waals surface area contributed by atoms with Gasteiger partial charge < -0.3 is 19.5 Å². The monoisotopic (exact) mass is 363 g/mol. The van der Waals surface area contributed by atoms with E-state index in [1.165, 1.54) is 13.2 Å². The van der Waals surface area contributed by atoms with Crippen LogP contribution in [0.1, 0.15) is 17.3 Å². The molecule has 25 heavy (non-hydrogen) atoms. The lowest BCUT2D eigenvalue weighted by molar-refractivity contribution is -0.119. The zero-order valence-corrected chi connectivity index (χ0v) is 14.6. The Balaban J connectivity index is 1.93. The first-order valence-electron chi connectivity index (χ1n) is 7.57. The molecular formula is C18H18ClNO5. The van der Waals surface area contributed by atoms with Crippen molar-refractivity contribution in [3.63, 3.8) is 0 Å². The zero-order valence-electron chi connectivity index (χ0n) is 13.9. The van der Waals surface area contributed by atoms with Crippen LogP contribution in [0.3, 0.4) is 0 Å². The van der Waals surface area contributed by atoms with Crippen molar-refractivity contribution in [2.75, 3.05) is 25.6 Å². The molecule has 0 fully saturated rings. The van der Waals surface area contributed by atoms with E-state index in [9.17, 15) is 9.59 Å². The van der Waals surface area contributed by atoms with Gasteiger partial charge in [-0.05, 0) is 49.4 Å². The van der Waals surface area contributed by atoms with Crippen molar-refractivity contribution in [1.29, 1.82) is 0 Å². The number of anilines is 1. The molecule has 1 N–H and O–H groups in total. The lowest BCUT2D eigenvalue weighted by Crippen LogP contribution is -2.20. The smallest absolute Gasteiger partial charge is 0.338 e. The van der Waals surface area contributed by atoms with Gasteiger partial charge in [0.1, 0.15) is 0 Å². The van der Waals surface area contributed by atoms with Gasteiger partial charge >= 0.3 is 5.97 Å². The molecular weight excluding hydrogens is 346 g/mol. The lowest BCUT2D eigenvalue weighted by Gasteiger charge is -2.11. The predicted molar refractivity (Wildman–Crippen MR) is 94.5 cm³/mol. The van der Waals surface area contributed by atoms with Crippen LogP contribution in [0.4, 0.5) is 5.69 Å². The molecule has 0 atom stereocenters. The zero-order chi connectivity index (χ0) is 18.2. The third-order valence-electron chi connectivity index (χ3n) is 3.16. The van der Waals surface area contributed by atoms with Crippen LogP contribution in [0.5, 0.6) is 11.5 Å². The van der Waals surface area contributed by atoms with Gasteiger partial charge in [0.05, 0.1) is 19.3 Å². The molecule has 0 aliphatic rings. The highest BCUT2D eigenvalue weighted by atomic mass is 35.5. The average molecular weight is 364 g/mol. The van der Waals surface area contributed by atoms with Gasteiger partial charge in [-0.25, -0.2) is 4.79 Å². The molecule has 7 heteroatoms. The molecule has 0 saturated heterocycles. The van der Waals surface area contributed by atoms with E-state index in [1.54, 1.807) is 36.4 Å². The van der Waals surface area contributed by atoms with E-state index in [2.05, 4.69) is 5.32 Å². The first kappa shape index (κ1) is 18.6. The molecule has 0 unspecified atom stereocenters. The largest absolute Gasteiger partial charge is 0.493 e. The fraction of sp³-hybridized carbons (Fsp3) is 0.222. The third kappa shape index (κ3) is 5.39. The van der Waals surface area contributed by atoms with Crippen molar-refractivity contribution in [3.8, 4) is 11.5 Å². The highest BCUT2D eigenvalue weighted by Gasteiger charge is 2.14. The molecule has 132 valence electrons. The summed E-state index contributed by atoms with van der Waals surface area (Å²) in [5, 5.41) is 3.17. The van der Waals surface area contributed by atoms with Crippen molar-refractivity contribution < 1.29 is 23.8 Å². The summed E-state index contributed by atoms with van der Waals surface area (Å²) >= 11 is 5.77. The number of amides is 1. The minimum Gasteiger partial charge on any atom is -0.493 e. The maximum absolute atomic E-state index is 12.1. The summed E-state index contributed by atoms with van der Waals surface area (Å²) in [6.45, 7) is 1.92. The average Bonchev–Trinajstić information content (AvgIpc) is 2.62. The van der Waals surface area contributed by atoms with Gasteiger partial charge in [-0.3, -0.25) is 4.79 Å². The number of carbonyl (C=O) groups is 2. The molecule has 0 aliphatic carbocycles. The van der Waals surface area contributed by atoms with Crippen LogP contribution in [0.2, 0.25) is 5.02 Å². The maximum atomic E-state index is 12.1. The van der Waals surface area contributed by atoms with E-state index < -0.39 is 18.5 Å². The van der Waals surface area contributed by atoms with Crippen molar-refractivity contribution in [3.05, 3.63) is 53.1 Å². The van der Waals surface area contributed by atoms with Crippen molar-refractivity contribution in [1.82, 2.24) is 0 Å². The summed E-state index contributed by atoms with van der Waals surface area (Å²) in [5.41, 5.74) is 0.827. The number of hydrogen-bond acceptors (Lipinski definition) is 5. The Labute approximate surface area is 150 Å². The van der Waals surface area contributed by atoms with Crippen LogP contribution in [0.15, 0.2) is 42.5 Å². The van der Waals surface area contributed by atoms with Gasteiger partial charge in [-0.2, -0.15) is 0 Å². The number of halogens is 1. The number of benzene rings is 2. The summed E-state index contributed by atoms with van der Waals surface area (Å²) in [7, 11) is 1.48. The lowest BCUT2D eigenvalue weighted by atomic mass is 10.2. The quantitative estimate of drug-likeness (QED) is 0.761. The Morgan fingerprint density at radius 2 is 1.80 bits per heavy atom. The molecule has 6 nitrogen and oxygen atoms in total. The van der Waals surface area contributed by atoms with E-state index in [-0.39, 0.29) is 5.56 Å². The molecule has 0 heterocycles. The van der Waals surface area contributed by atoms with Crippen LogP contribution in [0, 0.1) is 0 Å². The van der Waals surface area contributed by atoms with Crippen LogP contribution in [0.25, 0.3) is 0 Å². The summed E-state index contributed by atoms with van der Waals surface area (Å²) in [6.07, 6.45) is 0. The van der Waals surface area contributed by atoms with Gasteiger partial charge in [0.2, 0.25) is 0 Å². The summed E-state index contributed by atoms with van der Waals surface area (Å²) < 4.78 is 15.6. The Morgan fingerprint density at radius 1 is 1.08 bits per heavy atom. The standard InChI is InChI=1S/C18H18ClNO5/c1-3-24-15-9-4-12(10-16(15)23-2)18(22)25-11-17(21)20-14-7-5-13(19)6-8-14/h4-10H,3,11H2,1-2H3,(H,20,21). The van der Waals surface area contributed by atoms with Crippen LogP contribution >= 0.6 is 11.6 Å². The molecule has 0 aromatic heterocycles. The second kappa shape index (κ2) is 8.94. The second-order valence-electron chi connectivity index (χ2n) is 4.93. The van der Waals surface area contributed by atoms with Crippen LogP contribution in [-0.2, 0) is 9.53 Å².